The van der Waals surface area contributed by atoms with Crippen LogP contribution in [0.5, 0.6) is 11.5 Å². The van der Waals surface area contributed by atoms with Gasteiger partial charge in [-0.15, -0.1) is 0 Å². The van der Waals surface area contributed by atoms with Gasteiger partial charge in [-0.1, -0.05) is 0 Å². The largest absolute Gasteiger partial charge is 0.493 e. The number of hydrogen-bond donors (Lipinski definition) is 1. The molecule has 0 aliphatic heterocycles. The normalized spacial score (nSPS) is 10.0. The van der Waals surface area contributed by atoms with Crippen LogP contribution in [0.25, 0.3) is 0 Å². The third kappa shape index (κ3) is 1.96. The molecule has 0 amide bonds. The Morgan fingerprint density at radius 1 is 1.29 bits per heavy atom. The molecule has 0 bridgehead atoms. The van der Waals surface area contributed by atoms with E-state index < -0.39 is 0 Å². The summed E-state index contributed by atoms with van der Waals surface area (Å²) in [6, 6.07) is 2.89. The van der Waals surface area contributed by atoms with E-state index in [0.717, 1.165) is 0 Å². The second-order valence-electron chi connectivity index (χ2n) is 2.80. The molecule has 14 heavy (non-hydrogen) atoms. The summed E-state index contributed by atoms with van der Waals surface area (Å²) < 4.78 is 23.5. The van der Waals surface area contributed by atoms with Crippen LogP contribution in [0.15, 0.2) is 12.1 Å². The van der Waals surface area contributed by atoms with Gasteiger partial charge < -0.3 is 15.2 Å². The summed E-state index contributed by atoms with van der Waals surface area (Å²) in [5.41, 5.74) is 5.85. The van der Waals surface area contributed by atoms with Crippen LogP contribution in [0.1, 0.15) is 5.56 Å². The Morgan fingerprint density at radius 2 is 2.00 bits per heavy atom. The van der Waals surface area contributed by atoms with Gasteiger partial charge in [0.15, 0.2) is 11.5 Å². The first-order valence-electron chi connectivity index (χ1n) is 4.34. The molecule has 0 spiro atoms. The van der Waals surface area contributed by atoms with E-state index in [-0.39, 0.29) is 5.82 Å². The fraction of sp³-hybridized carbons (Fsp3) is 0.400. The molecule has 0 unspecified atom stereocenters. The van der Waals surface area contributed by atoms with Gasteiger partial charge in [0.1, 0.15) is 5.82 Å². The van der Waals surface area contributed by atoms with Crippen molar-refractivity contribution in [1.29, 1.82) is 0 Å². The van der Waals surface area contributed by atoms with Crippen LogP contribution >= 0.6 is 0 Å². The molecule has 0 saturated carbocycles. The lowest BCUT2D eigenvalue weighted by molar-refractivity contribution is 0.348. The first kappa shape index (κ1) is 10.8. The summed E-state index contributed by atoms with van der Waals surface area (Å²) in [7, 11) is 3.00. The molecule has 3 nitrogen and oxygen atoms in total. The number of benzene rings is 1. The summed E-state index contributed by atoms with van der Waals surface area (Å²) in [6.45, 7) is 0.375. The predicted octanol–water partition coefficient (Wildman–Crippen LogP) is 1.34. The Kier molecular flexibility index (Phi) is 3.71. The van der Waals surface area contributed by atoms with Crippen LogP contribution in [0.4, 0.5) is 4.39 Å². The molecular weight excluding hydrogens is 185 g/mol. The van der Waals surface area contributed by atoms with Crippen molar-refractivity contribution in [1.82, 2.24) is 0 Å². The Hall–Kier alpha value is -1.29. The van der Waals surface area contributed by atoms with Crippen LogP contribution < -0.4 is 15.2 Å². The maximum atomic E-state index is 13.3. The Balaban J connectivity index is 3.20. The zero-order chi connectivity index (χ0) is 10.6. The van der Waals surface area contributed by atoms with E-state index in [2.05, 4.69) is 0 Å². The molecule has 0 aromatic heterocycles. The number of rotatable bonds is 4. The van der Waals surface area contributed by atoms with E-state index >= 15 is 0 Å². The van der Waals surface area contributed by atoms with Crippen LogP contribution in [0, 0.1) is 5.82 Å². The fourth-order valence-electron chi connectivity index (χ4n) is 1.34. The van der Waals surface area contributed by atoms with Crippen LogP contribution in [-0.4, -0.2) is 20.8 Å². The lowest BCUT2D eigenvalue weighted by atomic mass is 10.1. The van der Waals surface area contributed by atoms with E-state index in [1.54, 1.807) is 0 Å². The highest BCUT2D eigenvalue weighted by molar-refractivity contribution is 5.47. The molecule has 0 atom stereocenters. The standard InChI is InChI=1S/C10H14FNO2/c1-13-9-4-3-8(11)7(5-6-12)10(9)14-2/h3-4H,5-6,12H2,1-2H3. The van der Waals surface area contributed by atoms with Gasteiger partial charge in [-0.2, -0.15) is 0 Å². The van der Waals surface area contributed by atoms with Gasteiger partial charge in [0.2, 0.25) is 0 Å². The number of nitrogens with two attached hydrogens (primary N) is 1. The topological polar surface area (TPSA) is 44.5 Å². The summed E-state index contributed by atoms with van der Waals surface area (Å²) in [4.78, 5) is 0. The minimum Gasteiger partial charge on any atom is -0.493 e. The minimum atomic E-state index is -0.312. The molecule has 0 aliphatic rings. The summed E-state index contributed by atoms with van der Waals surface area (Å²) in [5, 5.41) is 0. The van der Waals surface area contributed by atoms with Gasteiger partial charge in [-0.3, -0.25) is 0 Å². The van der Waals surface area contributed by atoms with Gasteiger partial charge in [-0.05, 0) is 25.1 Å². The molecular formula is C10H14FNO2. The number of methoxy groups -OCH3 is 2. The molecule has 1 aromatic rings. The lowest BCUT2D eigenvalue weighted by Gasteiger charge is -2.12. The van der Waals surface area contributed by atoms with Crippen molar-refractivity contribution < 1.29 is 13.9 Å². The highest BCUT2D eigenvalue weighted by Crippen LogP contribution is 2.32. The van der Waals surface area contributed by atoms with Crippen LogP contribution in [-0.2, 0) is 6.42 Å². The molecule has 78 valence electrons. The SMILES string of the molecule is COc1ccc(F)c(CCN)c1OC. The lowest BCUT2D eigenvalue weighted by Crippen LogP contribution is -2.07. The molecule has 0 saturated heterocycles. The highest BCUT2D eigenvalue weighted by Gasteiger charge is 2.13. The molecule has 0 radical (unpaired) electrons. The van der Waals surface area contributed by atoms with Gasteiger partial charge in [0, 0.05) is 5.56 Å². The molecule has 0 heterocycles. The van der Waals surface area contributed by atoms with E-state index in [1.165, 1.54) is 26.4 Å². The van der Waals surface area contributed by atoms with E-state index in [1.807, 2.05) is 0 Å². The van der Waals surface area contributed by atoms with E-state index in [4.69, 9.17) is 15.2 Å². The minimum absolute atomic E-state index is 0.312. The van der Waals surface area contributed by atoms with Gasteiger partial charge in [0.25, 0.3) is 0 Å². The maximum Gasteiger partial charge on any atom is 0.166 e. The molecule has 1 aromatic carbocycles. The van der Waals surface area contributed by atoms with E-state index in [9.17, 15) is 4.39 Å². The second kappa shape index (κ2) is 4.81. The van der Waals surface area contributed by atoms with Crippen molar-refractivity contribution in [3.63, 3.8) is 0 Å². The third-order valence-corrected chi connectivity index (χ3v) is 1.99. The highest BCUT2D eigenvalue weighted by atomic mass is 19.1. The van der Waals surface area contributed by atoms with Crippen molar-refractivity contribution >= 4 is 0 Å². The smallest absolute Gasteiger partial charge is 0.166 e. The Labute approximate surface area is 82.6 Å². The Morgan fingerprint density at radius 3 is 2.50 bits per heavy atom. The predicted molar refractivity (Wildman–Crippen MR) is 52.3 cm³/mol. The molecule has 2 N–H and O–H groups in total. The molecule has 1 rings (SSSR count). The monoisotopic (exact) mass is 199 g/mol. The van der Waals surface area contributed by atoms with Gasteiger partial charge in [-0.25, -0.2) is 4.39 Å². The van der Waals surface area contributed by atoms with Crippen molar-refractivity contribution in [2.24, 2.45) is 5.73 Å². The Bertz CT molecular complexity index is 315. The number of hydrogen-bond acceptors (Lipinski definition) is 3. The number of ether oxygens (including phenoxy) is 2. The van der Waals surface area contributed by atoms with Crippen molar-refractivity contribution in [2.75, 3.05) is 20.8 Å². The first-order valence-corrected chi connectivity index (χ1v) is 4.34. The fourth-order valence-corrected chi connectivity index (χ4v) is 1.34. The summed E-state index contributed by atoms with van der Waals surface area (Å²) in [6.07, 6.45) is 0.437. The molecule has 0 aliphatic carbocycles. The van der Waals surface area contributed by atoms with E-state index in [0.29, 0.717) is 30.0 Å². The third-order valence-electron chi connectivity index (χ3n) is 1.99. The van der Waals surface area contributed by atoms with Crippen molar-refractivity contribution in [3.05, 3.63) is 23.5 Å². The summed E-state index contributed by atoms with van der Waals surface area (Å²) in [5.74, 6) is 0.642. The van der Waals surface area contributed by atoms with Crippen molar-refractivity contribution in [2.45, 2.75) is 6.42 Å². The molecule has 0 fully saturated rings. The molecule has 4 heteroatoms. The van der Waals surface area contributed by atoms with Crippen LogP contribution in [0.2, 0.25) is 0 Å². The van der Waals surface area contributed by atoms with Gasteiger partial charge in [0.05, 0.1) is 14.2 Å². The zero-order valence-corrected chi connectivity index (χ0v) is 8.34. The van der Waals surface area contributed by atoms with Gasteiger partial charge >= 0.3 is 0 Å². The quantitative estimate of drug-likeness (QED) is 0.796. The number of halogens is 1. The zero-order valence-electron chi connectivity index (χ0n) is 8.34. The maximum absolute atomic E-state index is 13.3. The average molecular weight is 199 g/mol. The average Bonchev–Trinajstić information content (AvgIpc) is 2.21. The van der Waals surface area contributed by atoms with Crippen LogP contribution in [0.3, 0.4) is 0 Å². The summed E-state index contributed by atoms with van der Waals surface area (Å²) >= 11 is 0. The first-order chi connectivity index (χ1) is 6.74. The second-order valence-corrected chi connectivity index (χ2v) is 2.80. The van der Waals surface area contributed by atoms with Crippen molar-refractivity contribution in [3.8, 4) is 11.5 Å².